The average Bonchev–Trinajstić information content (AvgIpc) is 3.08. The second-order valence-electron chi connectivity index (χ2n) is 6.63. The van der Waals surface area contributed by atoms with E-state index in [0.29, 0.717) is 11.6 Å². The number of carbonyl (C=O) groups excluding carboxylic acids is 1. The van der Waals surface area contributed by atoms with Crippen molar-refractivity contribution in [3.63, 3.8) is 0 Å². The van der Waals surface area contributed by atoms with Crippen LogP contribution in [0.5, 0.6) is 0 Å². The highest BCUT2D eigenvalue weighted by Gasteiger charge is 2.14. The molecule has 3 rings (SSSR count). The number of hydrogen-bond donors (Lipinski definition) is 1. The number of thioether (sulfide) groups is 1. The first-order chi connectivity index (χ1) is 13.5. The Balaban J connectivity index is 1.44. The maximum absolute atomic E-state index is 12.3. The summed E-state index contributed by atoms with van der Waals surface area (Å²) in [4.78, 5) is 13.3. The Labute approximate surface area is 175 Å². The van der Waals surface area contributed by atoms with E-state index >= 15 is 0 Å². The lowest BCUT2D eigenvalue weighted by Gasteiger charge is -2.12. The number of carbonyl (C=O) groups is 1. The molecular formula is C22H24ClN3OS. The molecule has 1 unspecified atom stereocenters. The van der Waals surface area contributed by atoms with Crippen LogP contribution in [0.2, 0.25) is 5.02 Å². The van der Waals surface area contributed by atoms with Crippen molar-refractivity contribution in [2.45, 2.75) is 36.8 Å². The summed E-state index contributed by atoms with van der Waals surface area (Å²) >= 11 is 7.43. The molecule has 0 fully saturated rings. The molecule has 0 radical (unpaired) electrons. The molecule has 0 spiro atoms. The van der Waals surface area contributed by atoms with E-state index in [1.165, 1.54) is 17.3 Å². The molecule has 0 aliphatic carbocycles. The number of nitrogens with zero attached hydrogens (tertiary/aromatic N) is 2. The molecule has 1 aromatic heterocycles. The fourth-order valence-electron chi connectivity index (χ4n) is 2.86. The van der Waals surface area contributed by atoms with Crippen LogP contribution in [-0.2, 0) is 11.2 Å². The van der Waals surface area contributed by atoms with Gasteiger partial charge in [-0.25, -0.2) is 4.68 Å². The number of benzene rings is 2. The largest absolute Gasteiger partial charge is 0.355 e. The van der Waals surface area contributed by atoms with Crippen molar-refractivity contribution < 1.29 is 4.79 Å². The van der Waals surface area contributed by atoms with Crippen LogP contribution < -0.4 is 5.32 Å². The lowest BCUT2D eigenvalue weighted by atomic mass is 10.1. The first-order valence-electron chi connectivity index (χ1n) is 9.33. The van der Waals surface area contributed by atoms with E-state index < -0.39 is 0 Å². The summed E-state index contributed by atoms with van der Waals surface area (Å²) in [7, 11) is 0. The molecule has 0 bridgehead atoms. The van der Waals surface area contributed by atoms with E-state index in [1.807, 2.05) is 73.1 Å². The van der Waals surface area contributed by atoms with Crippen LogP contribution in [0.15, 0.2) is 65.7 Å². The highest BCUT2D eigenvalue weighted by atomic mass is 35.5. The lowest BCUT2D eigenvalue weighted by Crippen LogP contribution is -2.31. The van der Waals surface area contributed by atoms with Gasteiger partial charge in [0.05, 0.1) is 16.6 Å². The van der Waals surface area contributed by atoms with Gasteiger partial charge in [0.15, 0.2) is 0 Å². The first-order valence-corrected chi connectivity index (χ1v) is 10.6. The Hall–Kier alpha value is -2.24. The quantitative estimate of drug-likeness (QED) is 0.414. The van der Waals surface area contributed by atoms with Crippen LogP contribution in [0.3, 0.4) is 0 Å². The lowest BCUT2D eigenvalue weighted by molar-refractivity contribution is -0.120. The van der Waals surface area contributed by atoms with Gasteiger partial charge in [-0.15, -0.1) is 11.8 Å². The summed E-state index contributed by atoms with van der Waals surface area (Å²) in [6.07, 6.45) is 3.84. The maximum Gasteiger partial charge on any atom is 0.233 e. The standard InChI is InChI=1S/C22H24ClN3OS/c1-16-18(15-26(25-16)20-8-4-3-5-9-20)7-6-14-24-22(27)17(2)28-21-12-10-19(23)11-13-21/h3-5,8-13,15,17H,6-7,14H2,1-2H3,(H,24,27). The minimum Gasteiger partial charge on any atom is -0.355 e. The summed E-state index contributed by atoms with van der Waals surface area (Å²) in [5.41, 5.74) is 3.29. The summed E-state index contributed by atoms with van der Waals surface area (Å²) in [6.45, 7) is 4.60. The molecule has 146 valence electrons. The van der Waals surface area contributed by atoms with Gasteiger partial charge < -0.3 is 5.32 Å². The van der Waals surface area contributed by atoms with Gasteiger partial charge in [-0.05, 0) is 68.7 Å². The summed E-state index contributed by atoms with van der Waals surface area (Å²) in [5.74, 6) is 0.0525. The smallest absolute Gasteiger partial charge is 0.233 e. The van der Waals surface area contributed by atoms with Crippen molar-refractivity contribution in [1.82, 2.24) is 15.1 Å². The molecule has 0 saturated heterocycles. The Kier molecular flexibility index (Phi) is 7.18. The normalized spacial score (nSPS) is 12.0. The minimum absolute atomic E-state index is 0.0525. The Morgan fingerprint density at radius 2 is 1.89 bits per heavy atom. The number of aromatic nitrogens is 2. The predicted octanol–water partition coefficient (Wildman–Crippen LogP) is 5.06. The van der Waals surface area contributed by atoms with Gasteiger partial charge in [-0.3, -0.25) is 4.79 Å². The SMILES string of the molecule is Cc1nn(-c2ccccc2)cc1CCCNC(=O)C(C)Sc1ccc(Cl)cc1. The fourth-order valence-corrected chi connectivity index (χ4v) is 3.88. The van der Waals surface area contributed by atoms with Gasteiger partial charge in [0.25, 0.3) is 0 Å². The number of aryl methyl sites for hydroxylation is 2. The number of rotatable bonds is 8. The molecule has 28 heavy (non-hydrogen) atoms. The van der Waals surface area contributed by atoms with Crippen molar-refractivity contribution in [3.8, 4) is 5.69 Å². The highest BCUT2D eigenvalue weighted by molar-refractivity contribution is 8.00. The summed E-state index contributed by atoms with van der Waals surface area (Å²) in [5, 5.41) is 8.17. The van der Waals surface area contributed by atoms with Crippen LogP contribution in [0.1, 0.15) is 24.6 Å². The number of hydrogen-bond acceptors (Lipinski definition) is 3. The zero-order valence-corrected chi connectivity index (χ0v) is 17.6. The van der Waals surface area contributed by atoms with Crippen LogP contribution >= 0.6 is 23.4 Å². The minimum atomic E-state index is -0.149. The van der Waals surface area contributed by atoms with Crippen LogP contribution in [0, 0.1) is 6.92 Å². The second-order valence-corrected chi connectivity index (χ2v) is 8.48. The third-order valence-corrected chi connectivity index (χ3v) is 5.80. The molecule has 1 atom stereocenters. The molecule has 6 heteroatoms. The van der Waals surface area contributed by atoms with Crippen molar-refractivity contribution in [3.05, 3.63) is 77.1 Å². The van der Waals surface area contributed by atoms with Crippen molar-refractivity contribution in [1.29, 1.82) is 0 Å². The monoisotopic (exact) mass is 413 g/mol. The van der Waals surface area contributed by atoms with E-state index in [-0.39, 0.29) is 11.2 Å². The van der Waals surface area contributed by atoms with Gasteiger partial charge in [-0.1, -0.05) is 29.8 Å². The predicted molar refractivity (Wildman–Crippen MR) is 116 cm³/mol. The number of amides is 1. The number of halogens is 1. The number of nitrogens with one attached hydrogen (secondary N) is 1. The molecule has 2 aromatic carbocycles. The second kappa shape index (κ2) is 9.80. The van der Waals surface area contributed by atoms with Gasteiger partial charge in [-0.2, -0.15) is 5.10 Å². The first kappa shape index (κ1) is 20.5. The Morgan fingerprint density at radius 1 is 1.18 bits per heavy atom. The fraction of sp³-hybridized carbons (Fsp3) is 0.273. The molecule has 0 saturated carbocycles. The number of para-hydroxylation sites is 1. The Bertz CT molecular complexity index is 909. The van der Waals surface area contributed by atoms with Gasteiger partial charge in [0.1, 0.15) is 0 Å². The van der Waals surface area contributed by atoms with E-state index in [0.717, 1.165) is 29.1 Å². The van der Waals surface area contributed by atoms with Crippen molar-refractivity contribution in [2.75, 3.05) is 6.54 Å². The third-order valence-electron chi connectivity index (χ3n) is 4.44. The van der Waals surface area contributed by atoms with Crippen LogP contribution in [0.4, 0.5) is 0 Å². The van der Waals surface area contributed by atoms with Crippen molar-refractivity contribution >= 4 is 29.3 Å². The zero-order valence-electron chi connectivity index (χ0n) is 16.1. The molecule has 0 aliphatic rings. The molecule has 1 N–H and O–H groups in total. The third kappa shape index (κ3) is 5.63. The van der Waals surface area contributed by atoms with Crippen LogP contribution in [0.25, 0.3) is 5.69 Å². The molecule has 1 amide bonds. The van der Waals surface area contributed by atoms with Crippen LogP contribution in [-0.4, -0.2) is 27.5 Å². The Morgan fingerprint density at radius 3 is 2.61 bits per heavy atom. The van der Waals surface area contributed by atoms with Gasteiger partial charge in [0.2, 0.25) is 5.91 Å². The molecule has 3 aromatic rings. The molecule has 1 heterocycles. The average molecular weight is 414 g/mol. The van der Waals surface area contributed by atoms with Crippen molar-refractivity contribution in [2.24, 2.45) is 0 Å². The van der Waals surface area contributed by atoms with E-state index in [4.69, 9.17) is 11.6 Å². The summed E-state index contributed by atoms with van der Waals surface area (Å²) in [6, 6.07) is 17.6. The topological polar surface area (TPSA) is 46.9 Å². The summed E-state index contributed by atoms with van der Waals surface area (Å²) < 4.78 is 1.91. The maximum atomic E-state index is 12.3. The van der Waals surface area contributed by atoms with E-state index in [2.05, 4.69) is 16.6 Å². The molecule has 4 nitrogen and oxygen atoms in total. The van der Waals surface area contributed by atoms with E-state index in [9.17, 15) is 4.79 Å². The zero-order chi connectivity index (χ0) is 19.9. The van der Waals surface area contributed by atoms with Gasteiger partial charge in [0, 0.05) is 22.7 Å². The molecular weight excluding hydrogens is 390 g/mol. The van der Waals surface area contributed by atoms with Gasteiger partial charge >= 0.3 is 0 Å². The van der Waals surface area contributed by atoms with E-state index in [1.54, 1.807) is 0 Å². The highest BCUT2D eigenvalue weighted by Crippen LogP contribution is 2.24. The molecule has 0 aliphatic heterocycles.